The third kappa shape index (κ3) is 4.22. The lowest BCUT2D eigenvalue weighted by Crippen LogP contribution is -2.48. The fourth-order valence-corrected chi connectivity index (χ4v) is 3.46. The second kappa shape index (κ2) is 8.96. The first-order valence-corrected chi connectivity index (χ1v) is 9.36. The molecule has 3 aromatic rings. The SMILES string of the molecule is Cl.NCC1(CCc2ccccc2)NC(c2ccccc2)=C(c2ccccc2)O1. The summed E-state index contributed by atoms with van der Waals surface area (Å²) in [7, 11) is 0. The molecule has 0 amide bonds. The molecule has 0 radical (unpaired) electrons. The summed E-state index contributed by atoms with van der Waals surface area (Å²) >= 11 is 0. The van der Waals surface area contributed by atoms with Crippen LogP contribution in [0.3, 0.4) is 0 Å². The lowest BCUT2D eigenvalue weighted by Gasteiger charge is -2.29. The minimum Gasteiger partial charge on any atom is -0.464 e. The van der Waals surface area contributed by atoms with E-state index >= 15 is 0 Å². The highest BCUT2D eigenvalue weighted by Crippen LogP contribution is 2.38. The summed E-state index contributed by atoms with van der Waals surface area (Å²) in [6.45, 7) is 0.395. The molecule has 0 fully saturated rings. The van der Waals surface area contributed by atoms with Crippen LogP contribution in [0.1, 0.15) is 23.1 Å². The van der Waals surface area contributed by atoms with Crippen LogP contribution >= 0.6 is 12.4 Å². The van der Waals surface area contributed by atoms with E-state index in [2.05, 4.69) is 53.8 Å². The van der Waals surface area contributed by atoms with E-state index in [-0.39, 0.29) is 12.4 Å². The molecule has 28 heavy (non-hydrogen) atoms. The van der Waals surface area contributed by atoms with Crippen molar-refractivity contribution in [1.29, 1.82) is 0 Å². The number of ether oxygens (including phenoxy) is 1. The maximum atomic E-state index is 6.52. The number of halogens is 1. The largest absolute Gasteiger partial charge is 0.464 e. The highest BCUT2D eigenvalue weighted by molar-refractivity contribution is 5.88. The van der Waals surface area contributed by atoms with Gasteiger partial charge in [-0.2, -0.15) is 0 Å². The van der Waals surface area contributed by atoms with Gasteiger partial charge in [0.15, 0.2) is 11.5 Å². The second-order valence-electron chi connectivity index (χ2n) is 6.85. The zero-order valence-corrected chi connectivity index (χ0v) is 16.5. The van der Waals surface area contributed by atoms with Crippen LogP contribution in [-0.2, 0) is 11.2 Å². The molecule has 4 heteroatoms. The van der Waals surface area contributed by atoms with Crippen LogP contribution in [0.25, 0.3) is 11.5 Å². The van der Waals surface area contributed by atoms with E-state index in [4.69, 9.17) is 10.5 Å². The highest BCUT2D eigenvalue weighted by atomic mass is 35.5. The first-order chi connectivity index (χ1) is 13.3. The van der Waals surface area contributed by atoms with Gasteiger partial charge < -0.3 is 15.8 Å². The van der Waals surface area contributed by atoms with Crippen molar-refractivity contribution in [2.75, 3.05) is 6.54 Å². The van der Waals surface area contributed by atoms with Gasteiger partial charge in [-0.3, -0.25) is 0 Å². The van der Waals surface area contributed by atoms with Crippen LogP contribution < -0.4 is 11.1 Å². The number of nitrogens with one attached hydrogen (secondary N) is 1. The molecule has 0 bridgehead atoms. The Labute approximate surface area is 172 Å². The van der Waals surface area contributed by atoms with Crippen LogP contribution in [0, 0.1) is 0 Å². The Kier molecular flexibility index (Phi) is 6.40. The van der Waals surface area contributed by atoms with Gasteiger partial charge in [-0.25, -0.2) is 0 Å². The molecule has 1 unspecified atom stereocenters. The maximum absolute atomic E-state index is 6.52. The van der Waals surface area contributed by atoms with Crippen molar-refractivity contribution in [3.8, 4) is 0 Å². The molecule has 3 nitrogen and oxygen atoms in total. The van der Waals surface area contributed by atoms with Gasteiger partial charge in [0.1, 0.15) is 0 Å². The summed E-state index contributed by atoms with van der Waals surface area (Å²) in [5.74, 6) is 0.861. The summed E-state index contributed by atoms with van der Waals surface area (Å²) in [5, 5.41) is 3.62. The van der Waals surface area contributed by atoms with Gasteiger partial charge in [-0.05, 0) is 12.0 Å². The highest BCUT2D eigenvalue weighted by Gasteiger charge is 2.39. The van der Waals surface area contributed by atoms with Crippen molar-refractivity contribution in [3.63, 3.8) is 0 Å². The first-order valence-electron chi connectivity index (χ1n) is 9.36. The van der Waals surface area contributed by atoms with Gasteiger partial charge in [0.25, 0.3) is 0 Å². The Morgan fingerprint density at radius 1 is 0.750 bits per heavy atom. The van der Waals surface area contributed by atoms with Crippen molar-refractivity contribution >= 4 is 23.9 Å². The van der Waals surface area contributed by atoms with E-state index in [9.17, 15) is 0 Å². The number of rotatable bonds is 6. The first kappa shape index (κ1) is 20.0. The normalized spacial score (nSPS) is 18.2. The topological polar surface area (TPSA) is 47.3 Å². The van der Waals surface area contributed by atoms with E-state index in [1.807, 2.05) is 42.5 Å². The molecule has 3 N–H and O–H groups in total. The maximum Gasteiger partial charge on any atom is 0.193 e. The molecule has 144 valence electrons. The standard InChI is InChI=1S/C24H24N2O.ClH/c25-18-24(17-16-19-10-4-1-5-11-19)26-22(20-12-6-2-7-13-20)23(27-24)21-14-8-3-9-15-21;/h1-15,26H,16-18,25H2;1H. The fraction of sp³-hybridized carbons (Fsp3) is 0.167. The summed E-state index contributed by atoms with van der Waals surface area (Å²) < 4.78 is 6.52. The van der Waals surface area contributed by atoms with E-state index in [0.717, 1.165) is 35.4 Å². The summed E-state index contributed by atoms with van der Waals surface area (Å²) in [5.41, 5.74) is 10.0. The third-order valence-electron chi connectivity index (χ3n) is 4.97. The third-order valence-corrected chi connectivity index (χ3v) is 4.97. The molecule has 0 aromatic heterocycles. The Hall–Kier alpha value is -2.75. The number of hydrogen-bond donors (Lipinski definition) is 2. The Morgan fingerprint density at radius 2 is 1.29 bits per heavy atom. The van der Waals surface area contributed by atoms with Crippen molar-refractivity contribution < 1.29 is 4.74 Å². The predicted octanol–water partition coefficient (Wildman–Crippen LogP) is 4.84. The molecule has 1 heterocycles. The summed E-state index contributed by atoms with van der Waals surface area (Å²) in [4.78, 5) is 0. The van der Waals surface area contributed by atoms with E-state index in [1.54, 1.807) is 0 Å². The number of aryl methyl sites for hydroxylation is 1. The lowest BCUT2D eigenvalue weighted by atomic mass is 10.0. The average molecular weight is 393 g/mol. The summed E-state index contributed by atoms with van der Waals surface area (Å²) in [6, 6.07) is 31.0. The van der Waals surface area contributed by atoms with Crippen LogP contribution in [0.4, 0.5) is 0 Å². The van der Waals surface area contributed by atoms with Gasteiger partial charge in [0.2, 0.25) is 0 Å². The van der Waals surface area contributed by atoms with Crippen molar-refractivity contribution in [3.05, 3.63) is 108 Å². The molecule has 0 saturated heterocycles. The number of nitrogens with two attached hydrogens (primary N) is 1. The van der Waals surface area contributed by atoms with Gasteiger partial charge in [-0.15, -0.1) is 12.4 Å². The van der Waals surface area contributed by atoms with Crippen LogP contribution in [0.2, 0.25) is 0 Å². The molecule has 1 atom stereocenters. The molecule has 0 spiro atoms. The minimum absolute atomic E-state index is 0. The Balaban J connectivity index is 0.00000225. The fourth-order valence-electron chi connectivity index (χ4n) is 3.46. The van der Waals surface area contributed by atoms with E-state index in [0.29, 0.717) is 6.54 Å². The molecule has 3 aromatic carbocycles. The van der Waals surface area contributed by atoms with Crippen molar-refractivity contribution in [1.82, 2.24) is 5.32 Å². The van der Waals surface area contributed by atoms with E-state index in [1.165, 1.54) is 5.56 Å². The Bertz CT molecular complexity index is 860. The second-order valence-corrected chi connectivity index (χ2v) is 6.85. The molecular weight excluding hydrogens is 368 g/mol. The van der Waals surface area contributed by atoms with Crippen LogP contribution in [0.5, 0.6) is 0 Å². The van der Waals surface area contributed by atoms with Gasteiger partial charge in [-0.1, -0.05) is 91.0 Å². The number of benzene rings is 3. The van der Waals surface area contributed by atoms with E-state index < -0.39 is 5.72 Å². The lowest BCUT2D eigenvalue weighted by molar-refractivity contribution is 0.0401. The van der Waals surface area contributed by atoms with Crippen LogP contribution in [0.15, 0.2) is 91.0 Å². The van der Waals surface area contributed by atoms with Gasteiger partial charge in [0.05, 0.1) is 12.2 Å². The zero-order valence-electron chi connectivity index (χ0n) is 15.7. The van der Waals surface area contributed by atoms with Crippen molar-refractivity contribution in [2.24, 2.45) is 5.73 Å². The smallest absolute Gasteiger partial charge is 0.193 e. The molecule has 1 aliphatic rings. The average Bonchev–Trinajstić information content (AvgIpc) is 3.15. The monoisotopic (exact) mass is 392 g/mol. The quantitative estimate of drug-likeness (QED) is 0.630. The van der Waals surface area contributed by atoms with Crippen LogP contribution in [-0.4, -0.2) is 12.3 Å². The van der Waals surface area contributed by atoms with Gasteiger partial charge >= 0.3 is 0 Å². The Morgan fingerprint density at radius 3 is 1.86 bits per heavy atom. The molecule has 0 aliphatic carbocycles. The predicted molar refractivity (Wildman–Crippen MR) is 118 cm³/mol. The van der Waals surface area contributed by atoms with Crippen molar-refractivity contribution in [2.45, 2.75) is 18.6 Å². The molecule has 4 rings (SSSR count). The number of hydrogen-bond acceptors (Lipinski definition) is 3. The molecule has 1 aliphatic heterocycles. The molecule has 0 saturated carbocycles. The zero-order chi connectivity index (χ0) is 18.5. The molecular formula is C24H25ClN2O. The minimum atomic E-state index is -0.605. The van der Waals surface area contributed by atoms with Gasteiger partial charge in [0, 0.05) is 17.5 Å². The summed E-state index contributed by atoms with van der Waals surface area (Å²) in [6.07, 6.45) is 1.69.